The highest BCUT2D eigenvalue weighted by molar-refractivity contribution is 5.74. The van der Waals surface area contributed by atoms with E-state index in [1.54, 1.807) is 0 Å². The molecule has 0 radical (unpaired) electrons. The van der Waals surface area contributed by atoms with Crippen LogP contribution in [0.1, 0.15) is 34.6 Å². The molecule has 133 heavy (non-hydrogen) atoms. The number of hydrogen-bond acceptors (Lipinski definition) is 55. The largest absolute Gasteiger partial charge is 0.394 e. The van der Waals surface area contributed by atoms with Gasteiger partial charge in [-0.05, 0) is 6.92 Å². The van der Waals surface area contributed by atoms with Gasteiger partial charge in [0.15, 0.2) is 69.2 Å². The quantitative estimate of drug-likeness (QED) is 0.0284. The zero-order valence-electron chi connectivity index (χ0n) is 71.4. The van der Waals surface area contributed by atoms with Gasteiger partial charge in [0.05, 0.1) is 72.2 Å². The van der Waals surface area contributed by atoms with Crippen LogP contribution < -0.4 is 21.3 Å². The number of nitrogens with one attached hydrogen (secondary N) is 4. The Hall–Kier alpha value is -4.16. The van der Waals surface area contributed by atoms with Crippen LogP contribution in [0, 0.1) is 0 Å². The van der Waals surface area contributed by atoms with Crippen molar-refractivity contribution >= 4 is 23.6 Å². The number of aliphatic hydroxyl groups excluding tert-OH is 30. The predicted octanol–water partition coefficient (Wildman–Crippen LogP) is -23.4. The van der Waals surface area contributed by atoms with Gasteiger partial charge in [-0.3, -0.25) is 19.2 Å². The van der Waals surface area contributed by atoms with Crippen molar-refractivity contribution < 1.29 is 272 Å². The summed E-state index contributed by atoms with van der Waals surface area (Å²) in [5.41, 5.74) is 0. The molecule has 59 nitrogen and oxygen atoms in total. The summed E-state index contributed by atoms with van der Waals surface area (Å²) >= 11 is 0. The Morgan fingerprint density at radius 1 is 0.211 bits per heavy atom. The van der Waals surface area contributed by atoms with Gasteiger partial charge in [0.1, 0.15) is 262 Å². The minimum atomic E-state index is -2.66. The van der Waals surface area contributed by atoms with Gasteiger partial charge >= 0.3 is 0 Å². The molecule has 4 amide bonds. The molecule has 11 saturated heterocycles. The van der Waals surface area contributed by atoms with E-state index in [1.165, 1.54) is 6.92 Å². The van der Waals surface area contributed by atoms with Crippen LogP contribution in [0.2, 0.25) is 0 Å². The second kappa shape index (κ2) is 47.6. The summed E-state index contributed by atoms with van der Waals surface area (Å²) in [6.07, 6.45) is -107. The highest BCUT2D eigenvalue weighted by Crippen LogP contribution is 2.42. The first-order valence-corrected chi connectivity index (χ1v) is 42.5. The molecule has 34 N–H and O–H groups in total. The fraction of sp³-hybridized carbons (Fsp3) is 0.946. The van der Waals surface area contributed by atoms with Gasteiger partial charge in [0.25, 0.3) is 0 Å². The topological polar surface area (TPSA) is 917 Å². The minimum Gasteiger partial charge on any atom is -0.394 e. The van der Waals surface area contributed by atoms with Crippen molar-refractivity contribution in [1.82, 2.24) is 21.3 Å². The summed E-state index contributed by atoms with van der Waals surface area (Å²) in [5, 5.41) is 345. The Morgan fingerprint density at radius 3 is 0.842 bits per heavy atom. The van der Waals surface area contributed by atoms with Gasteiger partial charge in [-0.2, -0.15) is 0 Å². The van der Waals surface area contributed by atoms with Crippen LogP contribution in [0.5, 0.6) is 0 Å². The van der Waals surface area contributed by atoms with Crippen LogP contribution in [-0.4, -0.2) is 580 Å². The lowest BCUT2D eigenvalue weighted by Gasteiger charge is -2.51. The molecule has 0 saturated carbocycles. The Balaban J connectivity index is 0.911. The molecule has 55 atom stereocenters. The van der Waals surface area contributed by atoms with E-state index in [1.807, 2.05) is 0 Å². The number of ether oxygens (including phenoxy) is 21. The van der Waals surface area contributed by atoms with Crippen molar-refractivity contribution in [3.05, 3.63) is 0 Å². The number of aliphatic hydroxyl groups is 30. The van der Waals surface area contributed by atoms with E-state index in [-0.39, 0.29) is 0 Å². The van der Waals surface area contributed by atoms with Crippen LogP contribution in [0.4, 0.5) is 0 Å². The van der Waals surface area contributed by atoms with Crippen LogP contribution in [0.3, 0.4) is 0 Å². The molecule has 11 fully saturated rings. The number of hydrogen-bond donors (Lipinski definition) is 34. The average Bonchev–Trinajstić information content (AvgIpc) is 0.756. The van der Waals surface area contributed by atoms with E-state index in [2.05, 4.69) is 21.3 Å². The lowest BCUT2D eigenvalue weighted by molar-refractivity contribution is -0.399. The normalized spacial score (nSPS) is 50.1. The van der Waals surface area contributed by atoms with E-state index in [4.69, 9.17) is 99.5 Å². The monoisotopic (exact) mass is 1950 g/mol. The van der Waals surface area contributed by atoms with E-state index in [0.29, 0.717) is 0 Å². The fourth-order valence-electron chi connectivity index (χ4n) is 17.3. The lowest BCUT2D eigenvalue weighted by Crippen LogP contribution is -2.71. The first-order chi connectivity index (χ1) is 62.9. The summed E-state index contributed by atoms with van der Waals surface area (Å²) in [6, 6.07) is -7.87. The standard InChI is InChI=1S/C74H124N4O55/c1-16-35(91)46(102)51(107)68(115-16)113-15-30-59(42(98)31(64(112)116-30)75-17(2)87)126-65-32(76-18(3)88)43(99)58(27(12-85)122-65)129-72-55(111)61(131-74-63(50(106)39(95)24(9-82)121-74)133-67-34(78-20(5)90)44(100)56(26(11-84)124-67)127-69-52(108)47(103)36(92)21(6-79)117-69)41(97)29(125-72)14-114-73-62(49(105)38(94)23(8-81)120-73)132-66-33(77-19(4)89)45(101)57(28(13-86)123-66)128-71-54(110)60(40(96)25(10-83)119-71)130-70-53(109)48(104)37(93)22(7-80)118-70/h16,21-74,79-86,91-112H,6-15H2,1-5H3,(H,75,87)(H,76,88)(H,77,89)(H,78,90)/t16-,21+,22+,23+,24+,25+,26+,27+,28+,29+,30+,31+,32+,33+,34-,35+,36-,37-,38+,39+,40-,41+,42+,43+,44+,45+,46+,47-,48-,49-,50-,51-,52+,53+,54+,55-,56+,57+,58+,59+,60-,61-,62-,63-,64+,65-,66-,67-,68+,69-,70-,71-,72-,73-,74+/m0/s1. The lowest BCUT2D eigenvalue weighted by atomic mass is 9.93. The van der Waals surface area contributed by atoms with Crippen molar-refractivity contribution in [2.24, 2.45) is 0 Å². The molecule has 59 heteroatoms. The van der Waals surface area contributed by atoms with Gasteiger partial charge in [-0.25, -0.2) is 0 Å². The van der Waals surface area contributed by atoms with E-state index in [9.17, 15) is 172 Å². The average molecular weight is 1950 g/mol. The maximum Gasteiger partial charge on any atom is 0.217 e. The Kier molecular flexibility index (Phi) is 39.1. The molecule has 0 aromatic rings. The van der Waals surface area contributed by atoms with Crippen molar-refractivity contribution in [2.75, 3.05) is 66.1 Å². The van der Waals surface area contributed by atoms with Crippen LogP contribution in [-0.2, 0) is 119 Å². The minimum absolute atomic E-state index is 0.859. The summed E-state index contributed by atoms with van der Waals surface area (Å²) in [4.78, 5) is 52.0. The third kappa shape index (κ3) is 24.1. The molecule has 11 aliphatic rings. The van der Waals surface area contributed by atoms with Crippen LogP contribution in [0.15, 0.2) is 0 Å². The smallest absolute Gasteiger partial charge is 0.217 e. The van der Waals surface area contributed by atoms with Gasteiger partial charge < -0.3 is 274 Å². The Labute approximate surface area is 752 Å². The Morgan fingerprint density at radius 2 is 0.459 bits per heavy atom. The first-order valence-electron chi connectivity index (χ1n) is 42.5. The van der Waals surface area contributed by atoms with E-state index in [0.717, 1.165) is 27.7 Å². The number of amides is 4. The third-order valence-electron chi connectivity index (χ3n) is 24.5. The highest BCUT2D eigenvalue weighted by atomic mass is 16.8. The molecular weight excluding hydrogens is 1820 g/mol. The van der Waals surface area contributed by atoms with Crippen molar-refractivity contribution in [3.8, 4) is 0 Å². The molecular formula is C74H124N4O55. The van der Waals surface area contributed by atoms with Crippen molar-refractivity contribution in [3.63, 3.8) is 0 Å². The number of carbonyl (C=O) groups is 4. The molecule has 0 unspecified atom stereocenters. The molecule has 0 spiro atoms. The summed E-state index contributed by atoms with van der Waals surface area (Å²) in [6.45, 7) is -6.29. The zero-order valence-corrected chi connectivity index (χ0v) is 71.4. The van der Waals surface area contributed by atoms with Crippen LogP contribution >= 0.6 is 0 Å². The molecule has 0 bridgehead atoms. The van der Waals surface area contributed by atoms with E-state index < -0.39 is 427 Å². The first kappa shape index (κ1) is 109. The molecule has 0 aromatic carbocycles. The second-order valence-corrected chi connectivity index (χ2v) is 33.8. The van der Waals surface area contributed by atoms with Crippen LogP contribution in [0.25, 0.3) is 0 Å². The SMILES string of the molecule is CC(=O)N[C@@H]1[C@H](O[C@@H]2[C@@H](O[C@@H]3[C@H](O)[C@H](O[C@H]4[C@H](O)[C@@H](NC(C)=O)[C@H](O[C@H]5[C@H](O)[C@@H](NC(C)=O)[C@H](O)O[C@@H]5CO[C@@H]5O[C@@H](C)[C@@H](O)[C@@H](O)[C@@H]5O)O[C@@H]4CO)O[C@H](CO[C@H]4O[C@H](CO)[C@@H](O)[C@H](O)[C@@H]4O[C@@H]4O[C@H](CO)[C@@H](O[C@@H]5O[C@H](CO)[C@H](O)[C@H](O[C@@H]6O[C@H](CO)[C@H](O)[C@H](O)[C@H]6O)[C@H]5O)[C@H](O)[C@H]4NC(C)=O)[C@H]3O)O[C@H](CO)[C@@H](O)[C@@H]2O)O[C@H](CO)[C@@H](O[C@@H]2O[C@H](CO)[C@H](O)[C@H](O)[C@H]2O)[C@@H]1O. The maximum atomic E-state index is 13.3. The number of carbonyl (C=O) groups excluding carboxylic acids is 4. The highest BCUT2D eigenvalue weighted by Gasteiger charge is 2.63. The molecule has 0 aliphatic carbocycles. The van der Waals surface area contributed by atoms with Crippen molar-refractivity contribution in [1.29, 1.82) is 0 Å². The zero-order chi connectivity index (χ0) is 97.8. The Bertz CT molecular complexity index is 3630. The van der Waals surface area contributed by atoms with Gasteiger partial charge in [-0.15, -0.1) is 0 Å². The van der Waals surface area contributed by atoms with Crippen molar-refractivity contribution in [2.45, 2.75) is 372 Å². The van der Waals surface area contributed by atoms with Gasteiger partial charge in [0, 0.05) is 27.7 Å². The molecule has 0 aromatic heterocycles. The molecule has 11 rings (SSSR count). The molecule has 11 aliphatic heterocycles. The summed E-state index contributed by atoms with van der Waals surface area (Å²) < 4.78 is 125. The molecule has 11 heterocycles. The second-order valence-electron chi connectivity index (χ2n) is 33.8. The predicted molar refractivity (Wildman–Crippen MR) is 407 cm³/mol. The number of rotatable bonds is 34. The summed E-state index contributed by atoms with van der Waals surface area (Å²) in [5.74, 6) is -3.87. The fourth-order valence-corrected chi connectivity index (χ4v) is 17.3. The molecule has 770 valence electrons. The van der Waals surface area contributed by atoms with E-state index >= 15 is 0 Å². The van der Waals surface area contributed by atoms with Gasteiger partial charge in [0.2, 0.25) is 23.6 Å². The maximum absolute atomic E-state index is 13.3. The van der Waals surface area contributed by atoms with Gasteiger partial charge in [-0.1, -0.05) is 0 Å². The summed E-state index contributed by atoms with van der Waals surface area (Å²) in [7, 11) is 0. The third-order valence-corrected chi connectivity index (χ3v) is 24.5.